The second-order valence-corrected chi connectivity index (χ2v) is 5.79. The summed E-state index contributed by atoms with van der Waals surface area (Å²) in [6.07, 6.45) is 2.03. The third-order valence-corrected chi connectivity index (χ3v) is 4.56. The van der Waals surface area contributed by atoms with E-state index < -0.39 is 0 Å². The topological polar surface area (TPSA) is 3.88 Å². The van der Waals surface area contributed by atoms with Crippen LogP contribution in [0.25, 0.3) is 21.3 Å². The number of fused-ring (bicyclic) bond motifs is 1. The molecule has 0 radical (unpaired) electrons. The standard InChI is InChI=1S/C16H13ClNS/c1-18-14-9-5-6-10-15(14)19-16(18)11-13(17)12-7-3-2-4-8-12/h2-11H,1H3/q+1. The van der Waals surface area contributed by atoms with E-state index in [2.05, 4.69) is 35.9 Å². The van der Waals surface area contributed by atoms with Gasteiger partial charge in [0, 0.05) is 12.1 Å². The van der Waals surface area contributed by atoms with Crippen molar-refractivity contribution in [3.63, 3.8) is 0 Å². The Labute approximate surface area is 121 Å². The van der Waals surface area contributed by atoms with Crippen LogP contribution in [-0.2, 0) is 7.05 Å². The summed E-state index contributed by atoms with van der Waals surface area (Å²) in [5.41, 5.74) is 2.28. The SMILES string of the molecule is C[n+]1c(C=C(Cl)c2ccccc2)sc2ccccc21. The van der Waals surface area contributed by atoms with E-state index >= 15 is 0 Å². The van der Waals surface area contributed by atoms with Gasteiger partial charge in [-0.25, -0.2) is 0 Å². The number of benzene rings is 2. The van der Waals surface area contributed by atoms with Crippen LogP contribution in [-0.4, -0.2) is 0 Å². The van der Waals surface area contributed by atoms with Crippen molar-refractivity contribution in [2.45, 2.75) is 0 Å². The molecule has 19 heavy (non-hydrogen) atoms. The lowest BCUT2D eigenvalue weighted by atomic mass is 10.2. The van der Waals surface area contributed by atoms with Crippen LogP contribution in [0.1, 0.15) is 10.6 Å². The lowest BCUT2D eigenvalue weighted by Gasteiger charge is -1.96. The molecule has 0 fully saturated rings. The highest BCUT2D eigenvalue weighted by Crippen LogP contribution is 2.26. The number of nitrogens with zero attached hydrogens (tertiary/aromatic N) is 1. The maximum absolute atomic E-state index is 6.39. The zero-order chi connectivity index (χ0) is 13.2. The zero-order valence-electron chi connectivity index (χ0n) is 10.5. The van der Waals surface area contributed by atoms with Gasteiger partial charge in [-0.05, 0) is 11.6 Å². The molecule has 0 amide bonds. The van der Waals surface area contributed by atoms with Crippen LogP contribution in [0, 0.1) is 0 Å². The number of hydrogen-bond acceptors (Lipinski definition) is 1. The Morgan fingerprint density at radius 2 is 1.74 bits per heavy atom. The first-order chi connectivity index (χ1) is 9.25. The number of aromatic nitrogens is 1. The van der Waals surface area contributed by atoms with Crippen LogP contribution < -0.4 is 4.57 Å². The van der Waals surface area contributed by atoms with E-state index in [-0.39, 0.29) is 0 Å². The fourth-order valence-corrected chi connectivity index (χ4v) is 3.42. The fourth-order valence-electron chi connectivity index (χ4n) is 2.04. The number of rotatable bonds is 2. The van der Waals surface area contributed by atoms with Crippen molar-refractivity contribution < 1.29 is 4.57 Å². The van der Waals surface area contributed by atoms with Gasteiger partial charge in [-0.3, -0.25) is 0 Å². The fraction of sp³-hybridized carbons (Fsp3) is 0.0625. The van der Waals surface area contributed by atoms with Gasteiger partial charge < -0.3 is 0 Å². The average Bonchev–Trinajstić information content (AvgIpc) is 2.77. The molecule has 0 spiro atoms. The van der Waals surface area contributed by atoms with Crippen molar-refractivity contribution in [2.75, 3.05) is 0 Å². The molecule has 3 aromatic rings. The van der Waals surface area contributed by atoms with Crippen LogP contribution in [0.2, 0.25) is 0 Å². The van der Waals surface area contributed by atoms with Gasteiger partial charge in [0.1, 0.15) is 11.7 Å². The first kappa shape index (κ1) is 12.4. The predicted octanol–water partition coefficient (Wildman–Crippen LogP) is 4.46. The Bertz CT molecular complexity index is 744. The summed E-state index contributed by atoms with van der Waals surface area (Å²) in [6.45, 7) is 0. The van der Waals surface area contributed by atoms with Gasteiger partial charge in [-0.15, -0.1) is 0 Å². The normalized spacial score (nSPS) is 12.0. The van der Waals surface area contributed by atoms with Crippen LogP contribution >= 0.6 is 22.9 Å². The second-order valence-electron chi connectivity index (χ2n) is 4.33. The maximum atomic E-state index is 6.39. The van der Waals surface area contributed by atoms with E-state index in [1.165, 1.54) is 10.2 Å². The number of halogens is 1. The average molecular weight is 287 g/mol. The minimum absolute atomic E-state index is 0.766. The highest BCUT2D eigenvalue weighted by Gasteiger charge is 2.14. The van der Waals surface area contributed by atoms with E-state index in [0.29, 0.717) is 0 Å². The summed E-state index contributed by atoms with van der Waals surface area (Å²) < 4.78 is 3.44. The van der Waals surface area contributed by atoms with Crippen molar-refractivity contribution in [3.8, 4) is 0 Å². The summed E-state index contributed by atoms with van der Waals surface area (Å²) >= 11 is 8.14. The Morgan fingerprint density at radius 3 is 2.47 bits per heavy atom. The molecule has 0 saturated heterocycles. The molecule has 3 rings (SSSR count). The van der Waals surface area contributed by atoms with Crippen LogP contribution in [0.4, 0.5) is 0 Å². The highest BCUT2D eigenvalue weighted by atomic mass is 35.5. The van der Waals surface area contributed by atoms with Crippen LogP contribution in [0.15, 0.2) is 54.6 Å². The van der Waals surface area contributed by atoms with Gasteiger partial charge in [-0.2, -0.15) is 4.57 Å². The van der Waals surface area contributed by atoms with Crippen molar-refractivity contribution in [1.29, 1.82) is 0 Å². The van der Waals surface area contributed by atoms with E-state index in [1.54, 1.807) is 11.3 Å². The molecule has 0 aliphatic carbocycles. The lowest BCUT2D eigenvalue weighted by molar-refractivity contribution is -0.642. The summed E-state index contributed by atoms with van der Waals surface area (Å²) in [4.78, 5) is 0. The molecular formula is C16H13ClNS+. The summed E-state index contributed by atoms with van der Waals surface area (Å²) in [6, 6.07) is 18.4. The quantitative estimate of drug-likeness (QED) is 0.612. The zero-order valence-corrected chi connectivity index (χ0v) is 12.1. The van der Waals surface area contributed by atoms with Crippen molar-refractivity contribution in [1.82, 2.24) is 0 Å². The molecule has 1 heterocycles. The molecule has 0 atom stereocenters. The van der Waals surface area contributed by atoms with Gasteiger partial charge in [-0.1, -0.05) is 65.4 Å². The molecule has 0 bridgehead atoms. The summed E-state index contributed by atoms with van der Waals surface area (Å²) in [5, 5.41) is 1.91. The van der Waals surface area contributed by atoms with E-state index in [4.69, 9.17) is 11.6 Å². The smallest absolute Gasteiger partial charge is 0.185 e. The molecule has 0 N–H and O–H groups in total. The highest BCUT2D eigenvalue weighted by molar-refractivity contribution is 7.19. The number of para-hydroxylation sites is 1. The van der Waals surface area contributed by atoms with Gasteiger partial charge >= 0.3 is 0 Å². The first-order valence-electron chi connectivity index (χ1n) is 6.06. The summed E-state index contributed by atoms with van der Waals surface area (Å²) in [7, 11) is 2.07. The molecular weight excluding hydrogens is 274 g/mol. The third kappa shape index (κ3) is 2.42. The Balaban J connectivity index is 2.08. The monoisotopic (exact) mass is 286 g/mol. The van der Waals surface area contributed by atoms with Gasteiger partial charge in [0.15, 0.2) is 0 Å². The second kappa shape index (κ2) is 5.16. The van der Waals surface area contributed by atoms with Gasteiger partial charge in [0.2, 0.25) is 5.52 Å². The van der Waals surface area contributed by atoms with Crippen molar-refractivity contribution in [3.05, 3.63) is 65.2 Å². The van der Waals surface area contributed by atoms with Crippen LogP contribution in [0.3, 0.4) is 0 Å². The molecule has 1 nitrogen and oxygen atoms in total. The third-order valence-electron chi connectivity index (χ3n) is 3.07. The maximum Gasteiger partial charge on any atom is 0.264 e. The molecule has 2 aromatic carbocycles. The minimum Gasteiger partial charge on any atom is -0.185 e. The molecule has 0 saturated carbocycles. The lowest BCUT2D eigenvalue weighted by Crippen LogP contribution is -2.28. The Morgan fingerprint density at radius 1 is 1.05 bits per heavy atom. The van der Waals surface area contributed by atoms with Gasteiger partial charge in [0.05, 0.1) is 5.03 Å². The number of hydrogen-bond donors (Lipinski definition) is 0. The Kier molecular flexibility index (Phi) is 3.36. The summed E-state index contributed by atoms with van der Waals surface area (Å²) in [5.74, 6) is 0. The first-order valence-corrected chi connectivity index (χ1v) is 7.25. The molecule has 0 aliphatic rings. The van der Waals surface area contributed by atoms with E-state index in [1.807, 2.05) is 36.4 Å². The molecule has 3 heteroatoms. The molecule has 0 aliphatic heterocycles. The predicted molar refractivity (Wildman–Crippen MR) is 83.2 cm³/mol. The van der Waals surface area contributed by atoms with Crippen LogP contribution in [0.5, 0.6) is 0 Å². The molecule has 94 valence electrons. The number of thiazole rings is 1. The molecule has 1 aromatic heterocycles. The number of aryl methyl sites for hydroxylation is 1. The Hall–Kier alpha value is -1.64. The van der Waals surface area contributed by atoms with E-state index in [0.717, 1.165) is 15.6 Å². The minimum atomic E-state index is 0.766. The van der Waals surface area contributed by atoms with Gasteiger partial charge in [0.25, 0.3) is 5.01 Å². The van der Waals surface area contributed by atoms with Crippen molar-refractivity contribution >= 4 is 44.3 Å². The largest absolute Gasteiger partial charge is 0.264 e. The van der Waals surface area contributed by atoms with E-state index in [9.17, 15) is 0 Å². The molecule has 0 unspecified atom stereocenters. The van der Waals surface area contributed by atoms with Crippen molar-refractivity contribution in [2.24, 2.45) is 7.05 Å².